The first-order valence-corrected chi connectivity index (χ1v) is 13.5. The minimum atomic E-state index is -0.0814. The number of nitrogens with zero attached hydrogens (tertiary/aromatic N) is 5. The van der Waals surface area contributed by atoms with Gasteiger partial charge in [0.05, 0.1) is 41.6 Å². The van der Waals surface area contributed by atoms with Crippen molar-refractivity contribution in [1.29, 1.82) is 0 Å². The van der Waals surface area contributed by atoms with Crippen LogP contribution < -0.4 is 19.9 Å². The van der Waals surface area contributed by atoms with Crippen molar-refractivity contribution < 1.29 is 14.3 Å². The number of likely N-dealkylation sites (N-methyl/N-ethyl adjacent to an activating group) is 1. The fraction of sp³-hybridized carbons (Fsp3) is 0.367. The number of hydrogen-bond donors (Lipinski definition) is 1. The van der Waals surface area contributed by atoms with E-state index in [0.29, 0.717) is 40.1 Å². The third kappa shape index (κ3) is 4.90. The Morgan fingerprint density at radius 3 is 2.56 bits per heavy atom. The van der Waals surface area contributed by atoms with E-state index >= 15 is 0 Å². The lowest BCUT2D eigenvalue weighted by Gasteiger charge is -2.26. The topological polar surface area (TPSA) is 81.2 Å². The van der Waals surface area contributed by atoms with Gasteiger partial charge in [0.25, 0.3) is 11.8 Å². The highest BCUT2D eigenvalue weighted by Crippen LogP contribution is 2.40. The molecule has 0 radical (unpaired) electrons. The number of likely N-dealkylation sites (tertiary alicyclic amines) is 1. The molecule has 39 heavy (non-hydrogen) atoms. The summed E-state index contributed by atoms with van der Waals surface area (Å²) in [5.74, 6) is 1.09. The Labute approximate surface area is 230 Å². The lowest BCUT2D eigenvalue weighted by atomic mass is 10.1. The van der Waals surface area contributed by atoms with E-state index in [-0.39, 0.29) is 11.8 Å². The molecule has 0 saturated carbocycles. The largest absolute Gasteiger partial charge is 0.495 e. The van der Waals surface area contributed by atoms with E-state index in [4.69, 9.17) is 4.74 Å². The maximum atomic E-state index is 13.3. The van der Waals surface area contributed by atoms with Crippen LogP contribution in [0.25, 0.3) is 0 Å². The molecule has 9 nitrogen and oxygen atoms in total. The van der Waals surface area contributed by atoms with Gasteiger partial charge in [-0.3, -0.25) is 14.5 Å². The van der Waals surface area contributed by atoms with E-state index in [2.05, 4.69) is 29.0 Å². The molecule has 0 aliphatic carbocycles. The van der Waals surface area contributed by atoms with E-state index in [1.165, 1.54) is 0 Å². The summed E-state index contributed by atoms with van der Waals surface area (Å²) in [6, 6.07) is 15.4. The summed E-state index contributed by atoms with van der Waals surface area (Å²) < 4.78 is 5.66. The first-order chi connectivity index (χ1) is 18.9. The molecule has 1 atom stereocenters. The molecular formula is C30H36N6O3. The number of nitrogens with one attached hydrogen (secondary N) is 1. The number of aromatic nitrogens is 1. The second-order valence-electron chi connectivity index (χ2n) is 9.95. The predicted molar refractivity (Wildman–Crippen MR) is 155 cm³/mol. The van der Waals surface area contributed by atoms with Gasteiger partial charge in [0.2, 0.25) is 0 Å². The predicted octanol–water partition coefficient (Wildman–Crippen LogP) is 4.75. The van der Waals surface area contributed by atoms with Crippen LogP contribution in [-0.2, 0) is 0 Å². The number of ether oxygens (including phenoxy) is 1. The summed E-state index contributed by atoms with van der Waals surface area (Å²) in [6.07, 6.45) is 2.69. The van der Waals surface area contributed by atoms with E-state index in [0.717, 1.165) is 44.0 Å². The van der Waals surface area contributed by atoms with Crippen LogP contribution in [-0.4, -0.2) is 80.0 Å². The molecule has 2 amide bonds. The van der Waals surface area contributed by atoms with Crippen LogP contribution in [0.2, 0.25) is 0 Å². The molecule has 2 aliphatic rings. The molecule has 2 aromatic carbocycles. The van der Waals surface area contributed by atoms with E-state index < -0.39 is 0 Å². The molecule has 2 aliphatic heterocycles. The molecule has 0 bridgehead atoms. The first-order valence-electron chi connectivity index (χ1n) is 13.5. The minimum Gasteiger partial charge on any atom is -0.495 e. The van der Waals surface area contributed by atoms with Gasteiger partial charge in [-0.05, 0) is 49.8 Å². The number of hydrogen-bond acceptors (Lipinski definition) is 7. The highest BCUT2D eigenvalue weighted by atomic mass is 16.5. The number of fused-ring (bicyclic) bond motifs is 2. The van der Waals surface area contributed by atoms with Gasteiger partial charge in [-0.15, -0.1) is 0 Å². The molecule has 3 heterocycles. The average molecular weight is 529 g/mol. The molecular weight excluding hydrogens is 492 g/mol. The molecule has 5 rings (SSSR count). The number of para-hydroxylation sites is 1. The zero-order chi connectivity index (χ0) is 27.7. The summed E-state index contributed by atoms with van der Waals surface area (Å²) in [7, 11) is 5.30. The first kappa shape index (κ1) is 26.5. The quantitative estimate of drug-likeness (QED) is 0.474. The zero-order valence-corrected chi connectivity index (χ0v) is 23.3. The standard InChI is InChI=1S/C30H36N6O3/c1-6-35(7-2)21-14-15-36(19-21)29(37)20-12-13-23(27(16-20)39-5)32-28-17-25-26(18-31-28)34(4)30(38)22-10-8-9-11-24(22)33(25)3/h8-13,16-18,21H,6-7,14-15,19H2,1-5H3,(H,31,32)/t21-/m0/s1. The number of amides is 2. The van der Waals surface area contributed by atoms with Crippen molar-refractivity contribution in [3.63, 3.8) is 0 Å². The SMILES string of the molecule is CCN(CC)[C@H]1CCN(C(=O)c2ccc(Nc3cc4c(cn3)N(C)C(=O)c3ccccc3N4C)c(OC)c2)C1. The van der Waals surface area contributed by atoms with Gasteiger partial charge in [0, 0.05) is 44.9 Å². The van der Waals surface area contributed by atoms with E-state index in [1.807, 2.05) is 59.3 Å². The van der Waals surface area contributed by atoms with Crippen LogP contribution in [0.1, 0.15) is 41.0 Å². The molecule has 1 saturated heterocycles. The summed E-state index contributed by atoms with van der Waals surface area (Å²) in [4.78, 5) is 38.9. The normalized spacial score (nSPS) is 16.7. The maximum Gasteiger partial charge on any atom is 0.260 e. The summed E-state index contributed by atoms with van der Waals surface area (Å²) in [6.45, 7) is 7.81. The Hall–Kier alpha value is -4.11. The second-order valence-corrected chi connectivity index (χ2v) is 9.95. The van der Waals surface area contributed by atoms with Crippen LogP contribution in [0, 0.1) is 0 Å². The highest BCUT2D eigenvalue weighted by molar-refractivity contribution is 6.13. The van der Waals surface area contributed by atoms with Crippen molar-refractivity contribution >= 4 is 40.4 Å². The van der Waals surface area contributed by atoms with Crippen LogP contribution in [0.5, 0.6) is 5.75 Å². The van der Waals surface area contributed by atoms with Crippen LogP contribution in [0.3, 0.4) is 0 Å². The second kappa shape index (κ2) is 10.9. The molecule has 204 valence electrons. The van der Waals surface area contributed by atoms with Crippen molar-refractivity contribution in [2.24, 2.45) is 0 Å². The van der Waals surface area contributed by atoms with E-state index in [1.54, 1.807) is 31.3 Å². The van der Waals surface area contributed by atoms with Crippen molar-refractivity contribution in [3.8, 4) is 5.75 Å². The molecule has 3 aromatic rings. The Morgan fingerprint density at radius 2 is 1.82 bits per heavy atom. The zero-order valence-electron chi connectivity index (χ0n) is 23.3. The fourth-order valence-electron chi connectivity index (χ4n) is 5.61. The van der Waals surface area contributed by atoms with Crippen LogP contribution in [0.15, 0.2) is 54.7 Å². The molecule has 9 heteroatoms. The third-order valence-electron chi connectivity index (χ3n) is 7.88. The van der Waals surface area contributed by atoms with Crippen LogP contribution >= 0.6 is 0 Å². The molecule has 1 fully saturated rings. The van der Waals surface area contributed by atoms with Crippen LogP contribution in [0.4, 0.5) is 28.6 Å². The summed E-state index contributed by atoms with van der Waals surface area (Å²) in [5, 5.41) is 3.34. The Kier molecular flexibility index (Phi) is 7.43. The smallest absolute Gasteiger partial charge is 0.260 e. The lowest BCUT2D eigenvalue weighted by Crippen LogP contribution is -2.38. The summed E-state index contributed by atoms with van der Waals surface area (Å²) in [5.41, 5.74) is 4.32. The number of rotatable bonds is 7. The molecule has 1 aromatic heterocycles. The maximum absolute atomic E-state index is 13.3. The van der Waals surface area contributed by atoms with Gasteiger partial charge in [-0.25, -0.2) is 4.98 Å². The van der Waals surface area contributed by atoms with Gasteiger partial charge >= 0.3 is 0 Å². The summed E-state index contributed by atoms with van der Waals surface area (Å²) >= 11 is 0. The van der Waals surface area contributed by atoms with Gasteiger partial charge < -0.3 is 24.8 Å². The monoisotopic (exact) mass is 528 g/mol. The minimum absolute atomic E-state index is 0.0191. The lowest BCUT2D eigenvalue weighted by molar-refractivity contribution is 0.0777. The number of benzene rings is 2. The Morgan fingerprint density at radius 1 is 1.05 bits per heavy atom. The number of carbonyl (C=O) groups excluding carboxylic acids is 2. The number of carbonyl (C=O) groups is 2. The molecule has 1 N–H and O–H groups in total. The van der Waals surface area contributed by atoms with Gasteiger partial charge in [0.1, 0.15) is 11.6 Å². The van der Waals surface area contributed by atoms with Gasteiger partial charge in [-0.2, -0.15) is 0 Å². The molecule has 0 spiro atoms. The Bertz CT molecular complexity index is 1390. The number of methoxy groups -OCH3 is 1. The van der Waals surface area contributed by atoms with Gasteiger partial charge in [0.15, 0.2) is 0 Å². The van der Waals surface area contributed by atoms with Gasteiger partial charge in [-0.1, -0.05) is 26.0 Å². The fourth-order valence-corrected chi connectivity index (χ4v) is 5.61. The van der Waals surface area contributed by atoms with E-state index in [9.17, 15) is 9.59 Å². The Balaban J connectivity index is 1.38. The van der Waals surface area contributed by atoms with Crippen molar-refractivity contribution in [3.05, 3.63) is 65.9 Å². The number of pyridine rings is 1. The van der Waals surface area contributed by atoms with Crippen molar-refractivity contribution in [2.45, 2.75) is 26.3 Å². The third-order valence-corrected chi connectivity index (χ3v) is 7.88. The van der Waals surface area contributed by atoms with Crippen molar-refractivity contribution in [1.82, 2.24) is 14.8 Å². The number of anilines is 5. The average Bonchev–Trinajstić information content (AvgIpc) is 3.44. The molecule has 0 unspecified atom stereocenters. The highest BCUT2D eigenvalue weighted by Gasteiger charge is 2.30. The van der Waals surface area contributed by atoms with Crippen molar-refractivity contribution in [2.75, 3.05) is 62.5 Å².